The summed E-state index contributed by atoms with van der Waals surface area (Å²) in [6, 6.07) is 0. The monoisotopic (exact) mass is 244 g/mol. The summed E-state index contributed by atoms with van der Waals surface area (Å²) in [4.78, 5) is 15.3. The van der Waals surface area contributed by atoms with Crippen LogP contribution in [0.4, 0.5) is 0 Å². The van der Waals surface area contributed by atoms with Crippen molar-refractivity contribution in [3.05, 3.63) is 33.8 Å². The van der Waals surface area contributed by atoms with Crippen molar-refractivity contribution < 1.29 is 4.74 Å². The van der Waals surface area contributed by atoms with E-state index in [1.54, 1.807) is 12.3 Å². The maximum absolute atomic E-state index is 11.4. The zero-order valence-corrected chi connectivity index (χ0v) is 8.74. The van der Waals surface area contributed by atoms with Crippen molar-refractivity contribution in [3.8, 4) is 5.88 Å². The minimum atomic E-state index is -0.259. The lowest BCUT2D eigenvalue weighted by molar-refractivity contribution is 0.384. The number of hydrogen-bond donors (Lipinski definition) is 0. The molecule has 13 heavy (non-hydrogen) atoms. The molecule has 0 aliphatic heterocycles. The second-order valence-corrected chi connectivity index (χ2v) is 3.13. The fourth-order valence-corrected chi connectivity index (χ4v) is 1.30. The Kier molecular flexibility index (Phi) is 3.25. The summed E-state index contributed by atoms with van der Waals surface area (Å²) in [6.07, 6.45) is 3.22. The van der Waals surface area contributed by atoms with E-state index in [0.29, 0.717) is 11.1 Å². The van der Waals surface area contributed by atoms with Crippen LogP contribution < -0.4 is 10.3 Å². The second-order valence-electron chi connectivity index (χ2n) is 2.32. The molecule has 0 aliphatic rings. The number of rotatable bonds is 3. The van der Waals surface area contributed by atoms with Crippen molar-refractivity contribution in [1.29, 1.82) is 0 Å². The van der Waals surface area contributed by atoms with Crippen molar-refractivity contribution in [2.45, 2.75) is 6.54 Å². The molecular formula is C8H9BrN2O2. The summed E-state index contributed by atoms with van der Waals surface area (Å²) < 4.78 is 6.83. The molecule has 0 bridgehead atoms. The molecule has 0 aliphatic carbocycles. The van der Waals surface area contributed by atoms with Crippen molar-refractivity contribution >= 4 is 15.9 Å². The molecule has 0 spiro atoms. The Bertz CT molecular complexity index is 373. The summed E-state index contributed by atoms with van der Waals surface area (Å²) in [5.41, 5.74) is -0.259. The summed E-state index contributed by atoms with van der Waals surface area (Å²) in [5, 5.41) is 0. The molecule has 0 radical (unpaired) electrons. The first-order valence-electron chi connectivity index (χ1n) is 3.61. The molecule has 0 amide bonds. The first kappa shape index (κ1) is 9.98. The topological polar surface area (TPSA) is 44.1 Å². The van der Waals surface area contributed by atoms with Gasteiger partial charge in [0.2, 0.25) is 0 Å². The predicted molar refractivity (Wildman–Crippen MR) is 52.9 cm³/mol. The lowest BCUT2D eigenvalue weighted by Crippen LogP contribution is -2.21. The minimum Gasteiger partial charge on any atom is -0.477 e. The molecule has 0 fully saturated rings. The first-order chi connectivity index (χ1) is 6.19. The van der Waals surface area contributed by atoms with Crippen LogP contribution in [0.2, 0.25) is 0 Å². The number of allylic oxidation sites excluding steroid dienone is 1. The third-order valence-corrected chi connectivity index (χ3v) is 1.82. The van der Waals surface area contributed by atoms with Gasteiger partial charge in [0, 0.05) is 12.7 Å². The Morgan fingerprint density at radius 1 is 1.85 bits per heavy atom. The summed E-state index contributed by atoms with van der Waals surface area (Å²) in [7, 11) is 1.41. The number of ether oxygens (including phenoxy) is 1. The third kappa shape index (κ3) is 2.18. The van der Waals surface area contributed by atoms with Crippen LogP contribution in [0, 0.1) is 0 Å². The van der Waals surface area contributed by atoms with Crippen molar-refractivity contribution in [2.75, 3.05) is 7.11 Å². The Morgan fingerprint density at radius 3 is 3.08 bits per heavy atom. The zero-order valence-electron chi connectivity index (χ0n) is 7.16. The van der Waals surface area contributed by atoms with Gasteiger partial charge in [-0.3, -0.25) is 4.79 Å². The van der Waals surface area contributed by atoms with Crippen LogP contribution in [0.5, 0.6) is 5.88 Å². The standard InChI is InChI=1S/C8H9BrN2O2/c1-3-4-11-5-6(9)10-7(13-2)8(11)12/h3,5H,1,4H2,2H3. The van der Waals surface area contributed by atoms with Gasteiger partial charge in [0.05, 0.1) is 7.11 Å². The van der Waals surface area contributed by atoms with E-state index >= 15 is 0 Å². The van der Waals surface area contributed by atoms with Crippen LogP contribution in [-0.4, -0.2) is 16.7 Å². The summed E-state index contributed by atoms with van der Waals surface area (Å²) in [5.74, 6) is 0.0798. The minimum absolute atomic E-state index is 0.0798. The lowest BCUT2D eigenvalue weighted by Gasteiger charge is -2.04. The van der Waals surface area contributed by atoms with E-state index in [2.05, 4.69) is 27.5 Å². The molecule has 1 heterocycles. The normalized spacial score (nSPS) is 9.69. The van der Waals surface area contributed by atoms with E-state index in [1.165, 1.54) is 11.7 Å². The first-order valence-corrected chi connectivity index (χ1v) is 4.40. The summed E-state index contributed by atoms with van der Waals surface area (Å²) in [6.45, 7) is 3.99. The lowest BCUT2D eigenvalue weighted by atomic mass is 10.5. The Hall–Kier alpha value is -1.10. The number of aromatic nitrogens is 2. The van der Waals surface area contributed by atoms with E-state index in [9.17, 15) is 4.79 Å². The molecule has 1 aromatic heterocycles. The number of nitrogens with zero attached hydrogens (tertiary/aromatic N) is 2. The van der Waals surface area contributed by atoms with Crippen molar-refractivity contribution in [1.82, 2.24) is 9.55 Å². The number of halogens is 1. The quantitative estimate of drug-likeness (QED) is 0.751. The molecule has 0 atom stereocenters. The number of methoxy groups -OCH3 is 1. The van der Waals surface area contributed by atoms with Crippen LogP contribution in [0.15, 0.2) is 28.2 Å². The maximum atomic E-state index is 11.4. The van der Waals surface area contributed by atoms with E-state index in [4.69, 9.17) is 4.74 Å². The van der Waals surface area contributed by atoms with Gasteiger partial charge in [0.15, 0.2) is 0 Å². The Balaban J connectivity index is 3.27. The van der Waals surface area contributed by atoms with Gasteiger partial charge in [-0.1, -0.05) is 6.08 Å². The Labute approximate surface area is 84.0 Å². The fraction of sp³-hybridized carbons (Fsp3) is 0.250. The molecule has 4 nitrogen and oxygen atoms in total. The van der Waals surface area contributed by atoms with Crippen LogP contribution >= 0.6 is 15.9 Å². The van der Waals surface area contributed by atoms with Gasteiger partial charge in [-0.15, -0.1) is 6.58 Å². The van der Waals surface area contributed by atoms with Gasteiger partial charge >= 0.3 is 5.56 Å². The average Bonchev–Trinajstić information content (AvgIpc) is 2.11. The van der Waals surface area contributed by atoms with E-state index in [1.807, 2.05) is 0 Å². The van der Waals surface area contributed by atoms with Crippen LogP contribution in [0.3, 0.4) is 0 Å². The molecule has 0 aromatic carbocycles. The van der Waals surface area contributed by atoms with E-state index in [-0.39, 0.29) is 11.4 Å². The largest absolute Gasteiger partial charge is 0.477 e. The molecule has 0 unspecified atom stereocenters. The molecule has 70 valence electrons. The SMILES string of the molecule is C=CCn1cc(Br)nc(OC)c1=O. The van der Waals surface area contributed by atoms with Crippen LogP contribution in [0.1, 0.15) is 0 Å². The van der Waals surface area contributed by atoms with Gasteiger partial charge in [0.25, 0.3) is 5.88 Å². The van der Waals surface area contributed by atoms with E-state index in [0.717, 1.165) is 0 Å². The third-order valence-electron chi connectivity index (χ3n) is 1.43. The highest BCUT2D eigenvalue weighted by atomic mass is 79.9. The van der Waals surface area contributed by atoms with Crippen molar-refractivity contribution in [2.24, 2.45) is 0 Å². The van der Waals surface area contributed by atoms with Gasteiger partial charge in [-0.2, -0.15) is 4.98 Å². The maximum Gasteiger partial charge on any atom is 0.313 e. The number of hydrogen-bond acceptors (Lipinski definition) is 3. The van der Waals surface area contributed by atoms with Gasteiger partial charge < -0.3 is 9.30 Å². The highest BCUT2D eigenvalue weighted by Gasteiger charge is 2.05. The predicted octanol–water partition coefficient (Wildman–Crippen LogP) is 1.20. The van der Waals surface area contributed by atoms with Crippen LogP contribution in [-0.2, 0) is 6.54 Å². The van der Waals surface area contributed by atoms with E-state index < -0.39 is 0 Å². The van der Waals surface area contributed by atoms with Gasteiger partial charge in [0.1, 0.15) is 4.60 Å². The second kappa shape index (κ2) is 4.23. The average molecular weight is 245 g/mol. The van der Waals surface area contributed by atoms with Crippen molar-refractivity contribution in [3.63, 3.8) is 0 Å². The molecular weight excluding hydrogens is 236 g/mol. The Morgan fingerprint density at radius 2 is 2.54 bits per heavy atom. The highest BCUT2D eigenvalue weighted by Crippen LogP contribution is 2.07. The fourth-order valence-electron chi connectivity index (χ4n) is 0.891. The van der Waals surface area contributed by atoms with Gasteiger partial charge in [-0.05, 0) is 15.9 Å². The summed E-state index contributed by atoms with van der Waals surface area (Å²) >= 11 is 3.17. The zero-order chi connectivity index (χ0) is 9.84. The molecule has 0 saturated carbocycles. The highest BCUT2D eigenvalue weighted by molar-refractivity contribution is 9.10. The van der Waals surface area contributed by atoms with Crippen LogP contribution in [0.25, 0.3) is 0 Å². The smallest absolute Gasteiger partial charge is 0.313 e. The molecule has 0 saturated heterocycles. The van der Waals surface area contributed by atoms with Gasteiger partial charge in [-0.25, -0.2) is 0 Å². The molecule has 5 heteroatoms. The molecule has 0 N–H and O–H groups in total. The molecule has 1 rings (SSSR count). The molecule has 1 aromatic rings.